The molecule has 1 unspecified atom stereocenters. The second-order valence-corrected chi connectivity index (χ2v) is 4.41. The normalized spacial score (nSPS) is 13.7. The molecule has 2 N–H and O–H groups in total. The number of fused-ring (bicyclic) bond motifs is 1. The molecular weight excluding hydrogens is 186 g/mol. The van der Waals surface area contributed by atoms with Crippen LogP contribution in [0.15, 0.2) is 28.7 Å². The first-order valence-electron chi connectivity index (χ1n) is 5.34. The molecule has 80 valence electrons. The van der Waals surface area contributed by atoms with Gasteiger partial charge in [0.05, 0.1) is 6.04 Å². The van der Waals surface area contributed by atoms with Crippen molar-refractivity contribution in [3.63, 3.8) is 0 Å². The summed E-state index contributed by atoms with van der Waals surface area (Å²) in [5, 5.41) is 1.17. The third-order valence-corrected chi connectivity index (χ3v) is 2.85. The summed E-state index contributed by atoms with van der Waals surface area (Å²) in [5.41, 5.74) is 8.22. The summed E-state index contributed by atoms with van der Waals surface area (Å²) in [6, 6.07) is 8.12. The highest BCUT2D eigenvalue weighted by Crippen LogP contribution is 2.28. The van der Waals surface area contributed by atoms with Gasteiger partial charge in [-0.15, -0.1) is 0 Å². The van der Waals surface area contributed by atoms with Crippen LogP contribution in [0.25, 0.3) is 11.0 Å². The number of hydrogen-bond acceptors (Lipinski definition) is 2. The molecule has 2 rings (SSSR count). The fourth-order valence-corrected chi connectivity index (χ4v) is 1.72. The fraction of sp³-hybridized carbons (Fsp3) is 0.385. The zero-order valence-electron chi connectivity index (χ0n) is 9.45. The summed E-state index contributed by atoms with van der Waals surface area (Å²) in [4.78, 5) is 0. The van der Waals surface area contributed by atoms with Gasteiger partial charge >= 0.3 is 0 Å². The Bertz CT molecular complexity index is 470. The van der Waals surface area contributed by atoms with E-state index in [0.29, 0.717) is 5.92 Å². The Hall–Kier alpha value is -1.28. The van der Waals surface area contributed by atoms with Crippen LogP contribution >= 0.6 is 0 Å². The van der Waals surface area contributed by atoms with Crippen LogP contribution in [0.1, 0.15) is 31.2 Å². The van der Waals surface area contributed by atoms with Crippen molar-refractivity contribution in [3.05, 3.63) is 35.6 Å². The van der Waals surface area contributed by atoms with Crippen LogP contribution in [-0.2, 0) is 0 Å². The molecule has 0 spiro atoms. The lowest BCUT2D eigenvalue weighted by atomic mass is 10.0. The van der Waals surface area contributed by atoms with Crippen molar-refractivity contribution in [2.75, 3.05) is 0 Å². The molecule has 0 aliphatic carbocycles. The quantitative estimate of drug-likeness (QED) is 0.812. The predicted octanol–water partition coefficient (Wildman–Crippen LogP) is 3.40. The number of benzene rings is 1. The maximum Gasteiger partial charge on any atom is 0.134 e. The number of nitrogens with two attached hydrogens (primary N) is 1. The summed E-state index contributed by atoms with van der Waals surface area (Å²) >= 11 is 0. The minimum Gasteiger partial charge on any atom is -0.459 e. The maximum atomic E-state index is 6.06. The highest BCUT2D eigenvalue weighted by atomic mass is 16.3. The van der Waals surface area contributed by atoms with E-state index >= 15 is 0 Å². The Morgan fingerprint density at radius 2 is 2.00 bits per heavy atom. The van der Waals surface area contributed by atoms with E-state index in [4.69, 9.17) is 10.2 Å². The molecule has 1 atom stereocenters. The predicted molar refractivity (Wildman–Crippen MR) is 62.7 cm³/mol. The molecule has 0 saturated carbocycles. The summed E-state index contributed by atoms with van der Waals surface area (Å²) in [6.45, 7) is 6.29. The highest BCUT2D eigenvalue weighted by molar-refractivity contribution is 5.81. The van der Waals surface area contributed by atoms with Crippen LogP contribution in [0, 0.1) is 12.8 Å². The second-order valence-electron chi connectivity index (χ2n) is 4.41. The van der Waals surface area contributed by atoms with E-state index in [-0.39, 0.29) is 6.04 Å². The topological polar surface area (TPSA) is 39.2 Å². The first-order chi connectivity index (χ1) is 7.09. The monoisotopic (exact) mass is 203 g/mol. The van der Waals surface area contributed by atoms with Gasteiger partial charge in [0.1, 0.15) is 11.3 Å². The van der Waals surface area contributed by atoms with E-state index in [1.807, 2.05) is 12.1 Å². The lowest BCUT2D eigenvalue weighted by Crippen LogP contribution is -2.15. The summed E-state index contributed by atoms with van der Waals surface area (Å²) < 4.78 is 5.75. The molecule has 0 aliphatic heterocycles. The highest BCUT2D eigenvalue weighted by Gasteiger charge is 2.15. The zero-order chi connectivity index (χ0) is 11.0. The van der Waals surface area contributed by atoms with Crippen molar-refractivity contribution in [3.8, 4) is 0 Å². The SMILES string of the molecule is Cc1cccc2oc(C(N)C(C)C)cc12. The number of hydrogen-bond donors (Lipinski definition) is 1. The summed E-state index contributed by atoms with van der Waals surface area (Å²) in [6.07, 6.45) is 0. The van der Waals surface area contributed by atoms with Gasteiger partial charge in [-0.05, 0) is 30.5 Å². The Labute approximate surface area is 90.1 Å². The van der Waals surface area contributed by atoms with Crippen molar-refractivity contribution >= 4 is 11.0 Å². The van der Waals surface area contributed by atoms with Crippen LogP contribution in [0.2, 0.25) is 0 Å². The molecule has 2 nitrogen and oxygen atoms in total. The molecule has 1 aromatic heterocycles. The Morgan fingerprint density at radius 1 is 1.27 bits per heavy atom. The van der Waals surface area contributed by atoms with E-state index in [1.54, 1.807) is 0 Å². The third kappa shape index (κ3) is 1.77. The van der Waals surface area contributed by atoms with Gasteiger partial charge in [-0.25, -0.2) is 0 Å². The van der Waals surface area contributed by atoms with E-state index in [9.17, 15) is 0 Å². The van der Waals surface area contributed by atoms with E-state index in [0.717, 1.165) is 11.3 Å². The average Bonchev–Trinajstić information content (AvgIpc) is 2.61. The van der Waals surface area contributed by atoms with Gasteiger partial charge in [0.2, 0.25) is 0 Å². The van der Waals surface area contributed by atoms with E-state index in [1.165, 1.54) is 10.9 Å². The number of rotatable bonds is 2. The molecule has 0 amide bonds. The summed E-state index contributed by atoms with van der Waals surface area (Å²) in [7, 11) is 0. The van der Waals surface area contributed by atoms with Crippen LogP contribution in [0.5, 0.6) is 0 Å². The third-order valence-electron chi connectivity index (χ3n) is 2.85. The average molecular weight is 203 g/mol. The molecular formula is C13H17NO. The van der Waals surface area contributed by atoms with Crippen LogP contribution in [0.4, 0.5) is 0 Å². The van der Waals surface area contributed by atoms with Crippen molar-refractivity contribution in [2.45, 2.75) is 26.8 Å². The second kappa shape index (κ2) is 3.70. The van der Waals surface area contributed by atoms with Gasteiger partial charge in [-0.2, -0.15) is 0 Å². The van der Waals surface area contributed by atoms with Gasteiger partial charge in [0.15, 0.2) is 0 Å². The smallest absolute Gasteiger partial charge is 0.134 e. The van der Waals surface area contributed by atoms with Crippen molar-refractivity contribution in [1.29, 1.82) is 0 Å². The Balaban J connectivity index is 2.52. The molecule has 0 saturated heterocycles. The van der Waals surface area contributed by atoms with Gasteiger partial charge in [-0.1, -0.05) is 26.0 Å². The molecule has 15 heavy (non-hydrogen) atoms. The van der Waals surface area contributed by atoms with E-state index in [2.05, 4.69) is 32.9 Å². The van der Waals surface area contributed by atoms with E-state index < -0.39 is 0 Å². The minimum absolute atomic E-state index is 0.0169. The first kappa shape index (κ1) is 10.2. The van der Waals surface area contributed by atoms with Gasteiger partial charge in [0.25, 0.3) is 0 Å². The van der Waals surface area contributed by atoms with Crippen molar-refractivity contribution < 1.29 is 4.42 Å². The molecule has 1 aromatic carbocycles. The first-order valence-corrected chi connectivity index (χ1v) is 5.34. The molecule has 0 radical (unpaired) electrons. The van der Waals surface area contributed by atoms with Crippen LogP contribution in [-0.4, -0.2) is 0 Å². The molecule has 0 aliphatic rings. The van der Waals surface area contributed by atoms with Crippen molar-refractivity contribution in [1.82, 2.24) is 0 Å². The minimum atomic E-state index is -0.0169. The Morgan fingerprint density at radius 3 is 2.60 bits per heavy atom. The lowest BCUT2D eigenvalue weighted by Gasteiger charge is -2.11. The Kier molecular flexibility index (Phi) is 2.53. The fourth-order valence-electron chi connectivity index (χ4n) is 1.72. The number of aryl methyl sites for hydroxylation is 1. The lowest BCUT2D eigenvalue weighted by molar-refractivity contribution is 0.418. The molecule has 1 heterocycles. The van der Waals surface area contributed by atoms with Gasteiger partial charge in [-0.3, -0.25) is 0 Å². The largest absolute Gasteiger partial charge is 0.459 e. The zero-order valence-corrected chi connectivity index (χ0v) is 9.45. The molecule has 2 aromatic rings. The summed E-state index contributed by atoms with van der Waals surface area (Å²) in [5.74, 6) is 1.28. The van der Waals surface area contributed by atoms with Crippen molar-refractivity contribution in [2.24, 2.45) is 11.7 Å². The standard InChI is InChI=1S/C13H17NO/c1-8(2)13(14)12-7-10-9(3)5-4-6-11(10)15-12/h4-8,13H,14H2,1-3H3. The molecule has 0 bridgehead atoms. The molecule has 2 heteroatoms. The maximum absolute atomic E-state index is 6.06. The van der Waals surface area contributed by atoms with Gasteiger partial charge in [0, 0.05) is 5.39 Å². The van der Waals surface area contributed by atoms with Gasteiger partial charge < -0.3 is 10.2 Å². The molecule has 0 fully saturated rings. The van der Waals surface area contributed by atoms with Crippen LogP contribution < -0.4 is 5.73 Å². The van der Waals surface area contributed by atoms with Crippen LogP contribution in [0.3, 0.4) is 0 Å². The number of furan rings is 1.